The minimum atomic E-state index is 0.170. The van der Waals surface area contributed by atoms with E-state index >= 15 is 0 Å². The Labute approximate surface area is 80.6 Å². The lowest BCUT2D eigenvalue weighted by Gasteiger charge is -2.16. The molecule has 0 atom stereocenters. The van der Waals surface area contributed by atoms with Crippen LogP contribution in [-0.2, 0) is 9.53 Å². The molecule has 0 aromatic carbocycles. The van der Waals surface area contributed by atoms with E-state index in [2.05, 4.69) is 20.8 Å². The van der Waals surface area contributed by atoms with Crippen LogP contribution in [0.5, 0.6) is 0 Å². The SMILES string of the molecule is CC(C)(C)CCC(=O)COCCN. The highest BCUT2D eigenvalue weighted by Gasteiger charge is 2.12. The Morgan fingerprint density at radius 2 is 2.00 bits per heavy atom. The summed E-state index contributed by atoms with van der Waals surface area (Å²) in [4.78, 5) is 11.2. The van der Waals surface area contributed by atoms with E-state index in [1.54, 1.807) is 0 Å². The molecule has 0 saturated carbocycles. The average Bonchev–Trinajstić information content (AvgIpc) is 2.00. The fourth-order valence-corrected chi connectivity index (χ4v) is 0.856. The summed E-state index contributed by atoms with van der Waals surface area (Å²) in [5.41, 5.74) is 5.45. The Bertz CT molecular complexity index is 149. The molecule has 0 unspecified atom stereocenters. The van der Waals surface area contributed by atoms with Gasteiger partial charge in [0, 0.05) is 13.0 Å². The summed E-state index contributed by atoms with van der Waals surface area (Å²) in [6, 6.07) is 0. The third kappa shape index (κ3) is 9.50. The number of hydrogen-bond donors (Lipinski definition) is 1. The van der Waals surface area contributed by atoms with Gasteiger partial charge in [0.2, 0.25) is 0 Å². The van der Waals surface area contributed by atoms with Crippen LogP contribution in [0.3, 0.4) is 0 Å². The number of carbonyl (C=O) groups excluding carboxylic acids is 1. The van der Waals surface area contributed by atoms with Gasteiger partial charge < -0.3 is 10.5 Å². The van der Waals surface area contributed by atoms with Crippen LogP contribution < -0.4 is 5.73 Å². The lowest BCUT2D eigenvalue weighted by Crippen LogP contribution is -2.16. The normalized spacial score (nSPS) is 11.7. The Kier molecular flexibility index (Phi) is 5.91. The van der Waals surface area contributed by atoms with Crippen molar-refractivity contribution in [2.75, 3.05) is 19.8 Å². The smallest absolute Gasteiger partial charge is 0.158 e. The lowest BCUT2D eigenvalue weighted by molar-refractivity contribution is -0.124. The van der Waals surface area contributed by atoms with E-state index in [0.717, 1.165) is 6.42 Å². The van der Waals surface area contributed by atoms with Gasteiger partial charge in [-0.15, -0.1) is 0 Å². The molecule has 0 fully saturated rings. The molecular formula is C10H21NO2. The molecule has 0 aromatic heterocycles. The summed E-state index contributed by atoms with van der Waals surface area (Å²) < 4.78 is 5.04. The zero-order valence-electron chi connectivity index (χ0n) is 8.93. The summed E-state index contributed by atoms with van der Waals surface area (Å²) in [5, 5.41) is 0. The number of carbonyl (C=O) groups is 1. The highest BCUT2D eigenvalue weighted by Crippen LogP contribution is 2.20. The molecule has 0 amide bonds. The van der Waals surface area contributed by atoms with E-state index in [0.29, 0.717) is 19.6 Å². The number of ketones is 1. The van der Waals surface area contributed by atoms with E-state index in [4.69, 9.17) is 10.5 Å². The van der Waals surface area contributed by atoms with Gasteiger partial charge in [0.05, 0.1) is 6.61 Å². The van der Waals surface area contributed by atoms with Crippen LogP contribution in [0, 0.1) is 5.41 Å². The standard InChI is InChI=1S/C10H21NO2/c1-10(2,3)5-4-9(12)8-13-7-6-11/h4-8,11H2,1-3H3. The average molecular weight is 187 g/mol. The van der Waals surface area contributed by atoms with Crippen molar-refractivity contribution < 1.29 is 9.53 Å². The molecule has 3 nitrogen and oxygen atoms in total. The predicted octanol–water partition coefficient (Wildman–Crippen LogP) is 1.36. The molecule has 0 aliphatic heterocycles. The van der Waals surface area contributed by atoms with Crippen molar-refractivity contribution in [1.29, 1.82) is 0 Å². The predicted molar refractivity (Wildman–Crippen MR) is 53.6 cm³/mol. The summed E-state index contributed by atoms with van der Waals surface area (Å²) in [6.07, 6.45) is 1.52. The maximum absolute atomic E-state index is 11.2. The van der Waals surface area contributed by atoms with Gasteiger partial charge in [-0.3, -0.25) is 4.79 Å². The van der Waals surface area contributed by atoms with Gasteiger partial charge in [-0.05, 0) is 11.8 Å². The van der Waals surface area contributed by atoms with E-state index in [9.17, 15) is 4.79 Å². The molecule has 0 aliphatic rings. The van der Waals surface area contributed by atoms with Crippen LogP contribution in [0.1, 0.15) is 33.6 Å². The first-order valence-corrected chi connectivity index (χ1v) is 4.75. The molecule has 0 saturated heterocycles. The van der Waals surface area contributed by atoms with Gasteiger partial charge in [-0.25, -0.2) is 0 Å². The van der Waals surface area contributed by atoms with E-state index in [1.165, 1.54) is 0 Å². The number of hydrogen-bond acceptors (Lipinski definition) is 3. The monoisotopic (exact) mass is 187 g/mol. The molecule has 13 heavy (non-hydrogen) atoms. The molecule has 0 heterocycles. The van der Waals surface area contributed by atoms with Crippen LogP contribution in [0.2, 0.25) is 0 Å². The van der Waals surface area contributed by atoms with Gasteiger partial charge in [-0.1, -0.05) is 20.8 Å². The quantitative estimate of drug-likeness (QED) is 0.639. The molecule has 0 bridgehead atoms. The molecule has 2 N–H and O–H groups in total. The molecule has 0 radical (unpaired) electrons. The number of Topliss-reactive ketones (excluding diaryl/α,β-unsaturated/α-hetero) is 1. The number of nitrogens with two attached hydrogens (primary N) is 1. The Hall–Kier alpha value is -0.410. The first-order chi connectivity index (χ1) is 5.95. The fraction of sp³-hybridized carbons (Fsp3) is 0.900. The lowest BCUT2D eigenvalue weighted by atomic mass is 9.90. The van der Waals surface area contributed by atoms with Crippen molar-refractivity contribution in [3.05, 3.63) is 0 Å². The largest absolute Gasteiger partial charge is 0.372 e. The molecule has 0 spiro atoms. The highest BCUT2D eigenvalue weighted by molar-refractivity contribution is 5.79. The summed E-state index contributed by atoms with van der Waals surface area (Å²) in [7, 11) is 0. The summed E-state index contributed by atoms with van der Waals surface area (Å²) in [6.45, 7) is 7.55. The number of ether oxygens (including phenoxy) is 1. The van der Waals surface area contributed by atoms with E-state index in [1.807, 2.05) is 0 Å². The Morgan fingerprint density at radius 3 is 2.46 bits per heavy atom. The minimum absolute atomic E-state index is 0.170. The maximum Gasteiger partial charge on any atom is 0.158 e. The van der Waals surface area contributed by atoms with Crippen molar-refractivity contribution in [3.63, 3.8) is 0 Å². The second kappa shape index (κ2) is 6.11. The molecule has 0 aliphatic carbocycles. The van der Waals surface area contributed by atoms with Crippen molar-refractivity contribution in [2.45, 2.75) is 33.6 Å². The molecule has 0 rings (SSSR count). The van der Waals surface area contributed by atoms with Gasteiger partial charge in [0.15, 0.2) is 5.78 Å². The van der Waals surface area contributed by atoms with Crippen LogP contribution >= 0.6 is 0 Å². The molecule has 78 valence electrons. The van der Waals surface area contributed by atoms with Crippen LogP contribution in [0.4, 0.5) is 0 Å². The zero-order chi connectivity index (χ0) is 10.3. The highest BCUT2D eigenvalue weighted by atomic mass is 16.5. The second-order valence-electron chi connectivity index (χ2n) is 4.44. The van der Waals surface area contributed by atoms with E-state index in [-0.39, 0.29) is 17.8 Å². The third-order valence-corrected chi connectivity index (χ3v) is 1.68. The molecule has 0 aromatic rings. The zero-order valence-corrected chi connectivity index (χ0v) is 8.93. The van der Waals surface area contributed by atoms with Gasteiger partial charge in [-0.2, -0.15) is 0 Å². The summed E-state index contributed by atoms with van der Waals surface area (Å²) >= 11 is 0. The molecular weight excluding hydrogens is 166 g/mol. The van der Waals surface area contributed by atoms with Crippen molar-refractivity contribution in [3.8, 4) is 0 Å². The minimum Gasteiger partial charge on any atom is -0.372 e. The Morgan fingerprint density at radius 1 is 1.38 bits per heavy atom. The molecule has 3 heteroatoms. The second-order valence-corrected chi connectivity index (χ2v) is 4.44. The van der Waals surface area contributed by atoms with Crippen LogP contribution in [-0.4, -0.2) is 25.5 Å². The van der Waals surface area contributed by atoms with Crippen LogP contribution in [0.15, 0.2) is 0 Å². The van der Waals surface area contributed by atoms with Crippen molar-refractivity contribution in [2.24, 2.45) is 11.1 Å². The van der Waals surface area contributed by atoms with Crippen LogP contribution in [0.25, 0.3) is 0 Å². The fourth-order valence-electron chi connectivity index (χ4n) is 0.856. The number of rotatable bonds is 6. The maximum atomic E-state index is 11.2. The van der Waals surface area contributed by atoms with Crippen molar-refractivity contribution >= 4 is 5.78 Å². The van der Waals surface area contributed by atoms with Crippen molar-refractivity contribution in [1.82, 2.24) is 0 Å². The third-order valence-electron chi connectivity index (χ3n) is 1.68. The van der Waals surface area contributed by atoms with Gasteiger partial charge in [0.1, 0.15) is 6.61 Å². The topological polar surface area (TPSA) is 52.3 Å². The first-order valence-electron chi connectivity index (χ1n) is 4.75. The summed E-state index contributed by atoms with van der Waals surface area (Å²) in [5.74, 6) is 0.170. The van der Waals surface area contributed by atoms with Gasteiger partial charge in [0.25, 0.3) is 0 Å². The van der Waals surface area contributed by atoms with E-state index < -0.39 is 0 Å². The first kappa shape index (κ1) is 12.6. The van der Waals surface area contributed by atoms with Gasteiger partial charge >= 0.3 is 0 Å². The Balaban J connectivity index is 3.41.